The maximum atomic E-state index is 13.2. The highest BCUT2D eigenvalue weighted by molar-refractivity contribution is 7.89. The van der Waals surface area contributed by atoms with Gasteiger partial charge in [0.25, 0.3) is 0 Å². The molecule has 1 saturated carbocycles. The van der Waals surface area contributed by atoms with Crippen LogP contribution in [0.5, 0.6) is 0 Å². The van der Waals surface area contributed by atoms with Crippen molar-refractivity contribution < 1.29 is 13.2 Å². The standard InChI is InChI=1S/C23H32N4O3S2/c1-14-8-9-18(13-20(14)32(29,30)27-19-10-11-24-15(2)12-19)21-16(3)25-23(31-21)26-22(28)17-6-4-5-7-17/h8-9,13,15,17,19,24,27H,4-7,10-12H2,1-3H3,(H,25,26,28). The number of nitrogens with one attached hydrogen (secondary N) is 3. The second kappa shape index (κ2) is 9.59. The summed E-state index contributed by atoms with van der Waals surface area (Å²) in [6.07, 6.45) is 5.63. The summed E-state index contributed by atoms with van der Waals surface area (Å²) in [5.74, 6) is 0.109. The lowest BCUT2D eigenvalue weighted by atomic mass is 10.0. The van der Waals surface area contributed by atoms with Gasteiger partial charge in [-0.1, -0.05) is 36.3 Å². The van der Waals surface area contributed by atoms with Crippen LogP contribution in [-0.4, -0.2) is 37.9 Å². The van der Waals surface area contributed by atoms with E-state index in [1.54, 1.807) is 6.07 Å². The molecule has 1 amide bonds. The maximum absolute atomic E-state index is 13.2. The number of thiazole rings is 1. The number of rotatable bonds is 6. The van der Waals surface area contributed by atoms with Crippen molar-refractivity contribution in [3.63, 3.8) is 0 Å². The van der Waals surface area contributed by atoms with Crippen molar-refractivity contribution in [1.82, 2.24) is 15.0 Å². The number of hydrogen-bond acceptors (Lipinski definition) is 6. The molecule has 1 aromatic heterocycles. The fourth-order valence-corrected chi connectivity index (χ4v) is 7.19. The van der Waals surface area contributed by atoms with Crippen LogP contribution in [0.2, 0.25) is 0 Å². The molecule has 2 fully saturated rings. The normalized spacial score (nSPS) is 22.2. The molecule has 1 aliphatic heterocycles. The topological polar surface area (TPSA) is 100 Å². The Morgan fingerprint density at radius 2 is 1.94 bits per heavy atom. The van der Waals surface area contributed by atoms with Gasteiger partial charge in [0.05, 0.1) is 15.5 Å². The number of sulfonamides is 1. The molecule has 9 heteroatoms. The van der Waals surface area contributed by atoms with Crippen LogP contribution in [0, 0.1) is 19.8 Å². The quantitative estimate of drug-likeness (QED) is 0.586. The van der Waals surface area contributed by atoms with Gasteiger partial charge in [-0.3, -0.25) is 4.79 Å². The lowest BCUT2D eigenvalue weighted by Crippen LogP contribution is -2.46. The van der Waals surface area contributed by atoms with Gasteiger partial charge >= 0.3 is 0 Å². The van der Waals surface area contributed by atoms with Gasteiger partial charge in [-0.2, -0.15) is 0 Å². The van der Waals surface area contributed by atoms with E-state index < -0.39 is 10.0 Å². The van der Waals surface area contributed by atoms with Crippen LogP contribution in [0.3, 0.4) is 0 Å². The molecule has 2 aromatic rings. The number of benzene rings is 1. The molecule has 2 atom stereocenters. The highest BCUT2D eigenvalue weighted by Crippen LogP contribution is 2.35. The Hall–Kier alpha value is -1.81. The molecule has 1 aromatic carbocycles. The van der Waals surface area contributed by atoms with Crippen molar-refractivity contribution in [3.8, 4) is 10.4 Å². The second-order valence-electron chi connectivity index (χ2n) is 9.08. The Labute approximate surface area is 194 Å². The van der Waals surface area contributed by atoms with Gasteiger partial charge in [0.2, 0.25) is 15.9 Å². The van der Waals surface area contributed by atoms with Crippen LogP contribution in [-0.2, 0) is 14.8 Å². The minimum Gasteiger partial charge on any atom is -0.314 e. The zero-order chi connectivity index (χ0) is 22.9. The van der Waals surface area contributed by atoms with E-state index in [0.717, 1.165) is 61.2 Å². The van der Waals surface area contributed by atoms with Gasteiger partial charge < -0.3 is 10.6 Å². The molecule has 1 saturated heterocycles. The molecule has 2 unspecified atom stereocenters. The SMILES string of the molecule is Cc1ccc(-c2sc(NC(=O)C3CCCC3)nc2C)cc1S(=O)(=O)NC1CCNC(C)C1. The molecule has 2 aliphatic rings. The van der Waals surface area contributed by atoms with Crippen molar-refractivity contribution in [2.75, 3.05) is 11.9 Å². The van der Waals surface area contributed by atoms with E-state index in [0.29, 0.717) is 21.6 Å². The molecular weight excluding hydrogens is 444 g/mol. The first kappa shape index (κ1) is 23.4. The van der Waals surface area contributed by atoms with Crippen molar-refractivity contribution in [3.05, 3.63) is 29.5 Å². The average molecular weight is 477 g/mol. The monoisotopic (exact) mass is 476 g/mol. The molecule has 2 heterocycles. The van der Waals surface area contributed by atoms with Crippen LogP contribution in [0.4, 0.5) is 5.13 Å². The number of piperidine rings is 1. The van der Waals surface area contributed by atoms with E-state index >= 15 is 0 Å². The molecule has 7 nitrogen and oxygen atoms in total. The van der Waals surface area contributed by atoms with Crippen molar-refractivity contribution >= 4 is 32.4 Å². The zero-order valence-electron chi connectivity index (χ0n) is 18.9. The fraction of sp³-hybridized carbons (Fsp3) is 0.565. The summed E-state index contributed by atoms with van der Waals surface area (Å²) in [6.45, 7) is 6.58. The van der Waals surface area contributed by atoms with E-state index in [1.165, 1.54) is 11.3 Å². The number of aryl methyl sites for hydroxylation is 2. The van der Waals surface area contributed by atoms with E-state index in [9.17, 15) is 13.2 Å². The second-order valence-corrected chi connectivity index (χ2v) is 11.8. The molecule has 0 radical (unpaired) electrons. The van der Waals surface area contributed by atoms with E-state index in [-0.39, 0.29) is 17.9 Å². The molecule has 174 valence electrons. The summed E-state index contributed by atoms with van der Waals surface area (Å²) in [6, 6.07) is 5.71. The highest BCUT2D eigenvalue weighted by atomic mass is 32.2. The Balaban J connectivity index is 1.55. The fourth-order valence-electron chi connectivity index (χ4n) is 4.67. The number of carbonyl (C=O) groups excluding carboxylic acids is 1. The number of hydrogen-bond donors (Lipinski definition) is 3. The summed E-state index contributed by atoms with van der Waals surface area (Å²) >= 11 is 1.39. The number of aromatic nitrogens is 1. The van der Waals surface area contributed by atoms with Gasteiger partial charge in [0.1, 0.15) is 0 Å². The largest absolute Gasteiger partial charge is 0.314 e. The van der Waals surface area contributed by atoms with Crippen LogP contribution in [0.1, 0.15) is 56.7 Å². The molecule has 1 aliphatic carbocycles. The first-order valence-corrected chi connectivity index (χ1v) is 13.7. The van der Waals surface area contributed by atoms with Crippen molar-refractivity contribution in [2.24, 2.45) is 5.92 Å². The Kier molecular flexibility index (Phi) is 7.00. The number of nitrogens with zero attached hydrogens (tertiary/aromatic N) is 1. The number of carbonyl (C=O) groups is 1. The van der Waals surface area contributed by atoms with Crippen LogP contribution in [0.15, 0.2) is 23.1 Å². The van der Waals surface area contributed by atoms with Crippen LogP contribution >= 0.6 is 11.3 Å². The third-order valence-corrected chi connectivity index (χ3v) is 9.22. The highest BCUT2D eigenvalue weighted by Gasteiger charge is 2.27. The average Bonchev–Trinajstić information content (AvgIpc) is 3.38. The lowest BCUT2D eigenvalue weighted by molar-refractivity contribution is -0.119. The molecular formula is C23H32N4O3S2. The molecule has 32 heavy (non-hydrogen) atoms. The smallest absolute Gasteiger partial charge is 0.241 e. The summed E-state index contributed by atoms with van der Waals surface area (Å²) < 4.78 is 29.3. The first-order valence-electron chi connectivity index (χ1n) is 11.4. The Morgan fingerprint density at radius 1 is 1.19 bits per heavy atom. The minimum absolute atomic E-state index is 0.0374. The van der Waals surface area contributed by atoms with E-state index in [1.807, 2.05) is 26.0 Å². The summed E-state index contributed by atoms with van der Waals surface area (Å²) in [5.41, 5.74) is 2.29. The van der Waals surface area contributed by atoms with Crippen LogP contribution in [0.25, 0.3) is 10.4 Å². The lowest BCUT2D eigenvalue weighted by Gasteiger charge is -2.28. The van der Waals surface area contributed by atoms with Gasteiger partial charge in [0.15, 0.2) is 5.13 Å². The predicted octanol–water partition coefficient (Wildman–Crippen LogP) is 3.97. The minimum atomic E-state index is -3.64. The third kappa shape index (κ3) is 5.22. The van der Waals surface area contributed by atoms with Gasteiger partial charge in [0, 0.05) is 18.0 Å². The van der Waals surface area contributed by atoms with Gasteiger partial charge in [-0.25, -0.2) is 18.1 Å². The molecule has 3 N–H and O–H groups in total. The third-order valence-electron chi connectivity index (χ3n) is 6.44. The molecule has 0 spiro atoms. The van der Waals surface area contributed by atoms with E-state index in [2.05, 4.69) is 27.3 Å². The van der Waals surface area contributed by atoms with Crippen molar-refractivity contribution in [2.45, 2.75) is 76.3 Å². The van der Waals surface area contributed by atoms with Gasteiger partial charge in [-0.15, -0.1) is 0 Å². The molecule has 0 bridgehead atoms. The van der Waals surface area contributed by atoms with Crippen molar-refractivity contribution in [1.29, 1.82) is 0 Å². The van der Waals surface area contributed by atoms with Crippen LogP contribution < -0.4 is 15.4 Å². The first-order chi connectivity index (χ1) is 15.2. The van der Waals surface area contributed by atoms with E-state index in [4.69, 9.17) is 0 Å². The van der Waals surface area contributed by atoms with Gasteiger partial charge in [-0.05, 0) is 70.2 Å². The summed E-state index contributed by atoms with van der Waals surface area (Å²) in [7, 11) is -3.64. The summed E-state index contributed by atoms with van der Waals surface area (Å²) in [4.78, 5) is 18.2. The maximum Gasteiger partial charge on any atom is 0.241 e. The zero-order valence-corrected chi connectivity index (χ0v) is 20.5. The summed E-state index contributed by atoms with van der Waals surface area (Å²) in [5, 5.41) is 6.88. The Bertz CT molecular complexity index is 1090. The Morgan fingerprint density at radius 3 is 2.66 bits per heavy atom. The number of anilines is 1. The molecule has 4 rings (SSSR count). The predicted molar refractivity (Wildman–Crippen MR) is 128 cm³/mol. The number of amides is 1.